The molecular weight excluding hydrogens is 390 g/mol. The summed E-state index contributed by atoms with van der Waals surface area (Å²) in [5.74, 6) is -0.457. The number of benzene rings is 1. The first-order valence-electron chi connectivity index (χ1n) is 9.87. The summed E-state index contributed by atoms with van der Waals surface area (Å²) in [6.45, 7) is 4.07. The maximum absolute atomic E-state index is 12.9. The fraction of sp³-hybridized carbons (Fsp3) is 0.429. The fourth-order valence-electron chi connectivity index (χ4n) is 4.85. The molecule has 2 aromatic rings. The number of thiazole rings is 1. The van der Waals surface area contributed by atoms with E-state index in [4.69, 9.17) is 4.74 Å². The minimum absolute atomic E-state index is 0.130. The van der Waals surface area contributed by atoms with Crippen molar-refractivity contribution in [2.24, 2.45) is 23.7 Å². The third kappa shape index (κ3) is 2.77. The van der Waals surface area contributed by atoms with Gasteiger partial charge in [0.05, 0.1) is 28.7 Å². The second-order valence-electron chi connectivity index (χ2n) is 7.79. The van der Waals surface area contributed by atoms with Crippen LogP contribution in [-0.2, 0) is 14.4 Å². The Kier molecular flexibility index (Phi) is 4.20. The van der Waals surface area contributed by atoms with Crippen molar-refractivity contribution in [2.45, 2.75) is 26.3 Å². The third-order valence-electron chi connectivity index (χ3n) is 6.17. The zero-order chi connectivity index (χ0) is 20.3. The minimum atomic E-state index is -0.869. The van der Waals surface area contributed by atoms with Crippen LogP contribution in [-0.4, -0.2) is 40.3 Å². The van der Waals surface area contributed by atoms with Crippen LogP contribution in [0.3, 0.4) is 0 Å². The molecule has 150 valence electrons. The number of anilines is 1. The highest BCUT2D eigenvalue weighted by Gasteiger charge is 2.60. The summed E-state index contributed by atoms with van der Waals surface area (Å²) in [5.41, 5.74) is 0.731. The molecule has 5 rings (SSSR count). The Hall–Kier alpha value is -2.74. The van der Waals surface area contributed by atoms with E-state index in [2.05, 4.69) is 10.3 Å². The van der Waals surface area contributed by atoms with Crippen LogP contribution in [0.1, 0.15) is 20.3 Å². The second-order valence-corrected chi connectivity index (χ2v) is 8.82. The number of aromatic nitrogens is 1. The molecule has 1 N–H and O–H groups in total. The van der Waals surface area contributed by atoms with Crippen LogP contribution in [0, 0.1) is 23.7 Å². The van der Waals surface area contributed by atoms with Gasteiger partial charge in [-0.15, -0.1) is 0 Å². The van der Waals surface area contributed by atoms with E-state index < -0.39 is 11.9 Å². The van der Waals surface area contributed by atoms with Gasteiger partial charge < -0.3 is 10.1 Å². The van der Waals surface area contributed by atoms with Crippen LogP contribution in [0.5, 0.6) is 5.75 Å². The van der Waals surface area contributed by atoms with Crippen LogP contribution in [0.2, 0.25) is 0 Å². The molecule has 3 aliphatic rings. The van der Waals surface area contributed by atoms with E-state index >= 15 is 0 Å². The number of fused-ring (bicyclic) bond motifs is 6. The molecule has 1 aromatic heterocycles. The maximum atomic E-state index is 12.9. The average Bonchev–Trinajstić information content (AvgIpc) is 3.44. The van der Waals surface area contributed by atoms with E-state index in [1.54, 1.807) is 6.92 Å². The second kappa shape index (κ2) is 6.66. The summed E-state index contributed by atoms with van der Waals surface area (Å²) in [6, 6.07) is 4.72. The highest BCUT2D eigenvalue weighted by atomic mass is 32.1. The minimum Gasteiger partial charge on any atom is -0.494 e. The lowest BCUT2D eigenvalue weighted by Crippen LogP contribution is -2.46. The summed E-state index contributed by atoms with van der Waals surface area (Å²) in [5, 5.41) is 3.21. The van der Waals surface area contributed by atoms with Gasteiger partial charge in [0.25, 0.3) is 0 Å². The summed E-state index contributed by atoms with van der Waals surface area (Å²) >= 11 is 1.34. The van der Waals surface area contributed by atoms with Crippen LogP contribution in [0.15, 0.2) is 30.4 Å². The molecule has 1 aromatic carbocycles. The molecule has 2 heterocycles. The number of rotatable bonds is 5. The summed E-state index contributed by atoms with van der Waals surface area (Å²) < 4.78 is 6.40. The monoisotopic (exact) mass is 411 g/mol. The smallest absolute Gasteiger partial charge is 0.249 e. The zero-order valence-electron chi connectivity index (χ0n) is 16.1. The quantitative estimate of drug-likeness (QED) is 0.604. The van der Waals surface area contributed by atoms with Crippen molar-refractivity contribution in [3.8, 4) is 5.75 Å². The van der Waals surface area contributed by atoms with Gasteiger partial charge in [0.1, 0.15) is 11.8 Å². The van der Waals surface area contributed by atoms with Crippen LogP contribution in [0.25, 0.3) is 10.2 Å². The SMILES string of the molecule is CCOc1ccc2sc(NC(=O)C(C)N3C(=O)C4C5C=CC(C5)C4C3=O)nc2c1. The van der Waals surface area contributed by atoms with Gasteiger partial charge in [0.15, 0.2) is 5.13 Å². The van der Waals surface area contributed by atoms with E-state index in [9.17, 15) is 14.4 Å². The lowest BCUT2D eigenvalue weighted by atomic mass is 9.85. The Morgan fingerprint density at radius 3 is 2.62 bits per heavy atom. The highest BCUT2D eigenvalue weighted by molar-refractivity contribution is 7.22. The fourth-order valence-corrected chi connectivity index (χ4v) is 5.70. The van der Waals surface area contributed by atoms with Gasteiger partial charge in [0.2, 0.25) is 17.7 Å². The number of nitrogens with one attached hydrogen (secondary N) is 1. The summed E-state index contributed by atoms with van der Waals surface area (Å²) in [7, 11) is 0. The highest BCUT2D eigenvalue weighted by Crippen LogP contribution is 2.52. The van der Waals surface area contributed by atoms with Gasteiger partial charge in [-0.25, -0.2) is 4.98 Å². The molecule has 2 fully saturated rings. The number of imide groups is 1. The van der Waals surface area contributed by atoms with Gasteiger partial charge in [0, 0.05) is 6.07 Å². The predicted molar refractivity (Wildman–Crippen MR) is 108 cm³/mol. The number of hydrogen-bond acceptors (Lipinski definition) is 6. The van der Waals surface area contributed by atoms with Gasteiger partial charge in [-0.05, 0) is 44.2 Å². The summed E-state index contributed by atoms with van der Waals surface area (Å²) in [6.07, 6.45) is 4.96. The molecule has 2 bridgehead atoms. The Labute approximate surface area is 171 Å². The van der Waals surface area contributed by atoms with Gasteiger partial charge in [-0.2, -0.15) is 0 Å². The van der Waals surface area contributed by atoms with E-state index in [0.29, 0.717) is 11.7 Å². The normalized spacial score (nSPS) is 28.3. The first kappa shape index (κ1) is 18.3. The topological polar surface area (TPSA) is 88.6 Å². The standard InChI is InChI=1S/C21H21N3O4S/c1-3-28-13-6-7-15-14(9-13)22-21(29-15)23-18(25)10(2)24-19(26)16-11-4-5-12(8-11)17(16)20(24)27/h4-7,9-12,16-17H,3,8H2,1-2H3,(H,22,23,25). The first-order chi connectivity index (χ1) is 14.0. The van der Waals surface area contributed by atoms with E-state index in [-0.39, 0.29) is 35.5 Å². The number of carbonyl (C=O) groups is 3. The van der Waals surface area contributed by atoms with E-state index in [1.807, 2.05) is 37.3 Å². The molecule has 7 nitrogen and oxygen atoms in total. The lowest BCUT2D eigenvalue weighted by molar-refractivity contribution is -0.146. The van der Waals surface area contributed by atoms with Crippen molar-refractivity contribution in [3.05, 3.63) is 30.4 Å². The van der Waals surface area contributed by atoms with Gasteiger partial charge in [-0.1, -0.05) is 23.5 Å². The number of carbonyl (C=O) groups excluding carboxylic acids is 3. The van der Waals surface area contributed by atoms with Crippen LogP contribution < -0.4 is 10.1 Å². The zero-order valence-corrected chi connectivity index (χ0v) is 16.9. The molecule has 8 heteroatoms. The van der Waals surface area contributed by atoms with Crippen LogP contribution in [0.4, 0.5) is 5.13 Å². The number of ether oxygens (including phenoxy) is 1. The molecule has 1 saturated heterocycles. The Morgan fingerprint density at radius 1 is 1.28 bits per heavy atom. The molecule has 1 aliphatic heterocycles. The van der Waals surface area contributed by atoms with Gasteiger partial charge >= 0.3 is 0 Å². The largest absolute Gasteiger partial charge is 0.494 e. The number of hydrogen-bond donors (Lipinski definition) is 1. The van der Waals surface area contributed by atoms with Gasteiger partial charge in [-0.3, -0.25) is 19.3 Å². The number of allylic oxidation sites excluding steroid dienone is 2. The Bertz CT molecular complexity index is 1030. The van der Waals surface area contributed by atoms with Crippen molar-refractivity contribution >= 4 is 44.4 Å². The molecule has 3 amide bonds. The molecule has 29 heavy (non-hydrogen) atoms. The maximum Gasteiger partial charge on any atom is 0.249 e. The molecule has 1 saturated carbocycles. The van der Waals surface area contributed by atoms with Crippen molar-refractivity contribution < 1.29 is 19.1 Å². The van der Waals surface area contributed by atoms with E-state index in [1.165, 1.54) is 11.3 Å². The number of nitrogens with zero attached hydrogens (tertiary/aromatic N) is 2. The molecule has 0 radical (unpaired) electrons. The molecule has 2 aliphatic carbocycles. The van der Waals surface area contributed by atoms with Crippen molar-refractivity contribution in [1.29, 1.82) is 0 Å². The lowest BCUT2D eigenvalue weighted by Gasteiger charge is -2.23. The summed E-state index contributed by atoms with van der Waals surface area (Å²) in [4.78, 5) is 44.2. The van der Waals surface area contributed by atoms with Crippen LogP contribution >= 0.6 is 11.3 Å². The molecular formula is C21H21N3O4S. The van der Waals surface area contributed by atoms with Crippen molar-refractivity contribution in [3.63, 3.8) is 0 Å². The van der Waals surface area contributed by atoms with Crippen molar-refractivity contribution in [2.75, 3.05) is 11.9 Å². The predicted octanol–water partition coefficient (Wildman–Crippen LogP) is 2.83. The number of likely N-dealkylation sites (tertiary alicyclic amines) is 1. The average molecular weight is 411 g/mol. The van der Waals surface area contributed by atoms with E-state index in [0.717, 1.165) is 27.3 Å². The molecule has 0 spiro atoms. The van der Waals surface area contributed by atoms with Crippen molar-refractivity contribution in [1.82, 2.24) is 9.88 Å². The molecule has 5 atom stereocenters. The Morgan fingerprint density at radius 2 is 1.97 bits per heavy atom. The number of amides is 3. The molecule has 5 unspecified atom stereocenters. The third-order valence-corrected chi connectivity index (χ3v) is 7.12. The first-order valence-corrected chi connectivity index (χ1v) is 10.7. The Balaban J connectivity index is 1.33.